The third-order valence-electron chi connectivity index (χ3n) is 4.00. The van der Waals surface area contributed by atoms with E-state index in [4.69, 9.17) is 0 Å². The Kier molecular flexibility index (Phi) is 5.33. The van der Waals surface area contributed by atoms with Crippen molar-refractivity contribution in [3.8, 4) is 0 Å². The number of hydrogen-bond donors (Lipinski definition) is 0. The highest BCUT2D eigenvalue weighted by Crippen LogP contribution is 2.16. The third kappa shape index (κ3) is 4.61. The quantitative estimate of drug-likeness (QED) is 0.436. The molecule has 22 heavy (non-hydrogen) atoms. The average molecular weight is 326 g/mol. The van der Waals surface area contributed by atoms with E-state index in [1.165, 1.54) is 4.31 Å². The zero-order chi connectivity index (χ0) is 16.2. The van der Waals surface area contributed by atoms with Crippen molar-refractivity contribution >= 4 is 16.3 Å². The van der Waals surface area contributed by atoms with Crippen molar-refractivity contribution in [2.24, 2.45) is 5.92 Å². The van der Waals surface area contributed by atoms with E-state index in [-0.39, 0.29) is 31.9 Å². The molecule has 0 amide bonds. The molecule has 0 radical (unpaired) electrons. The van der Waals surface area contributed by atoms with Crippen LogP contribution in [0.25, 0.3) is 0 Å². The Morgan fingerprint density at radius 2 is 1.86 bits per heavy atom. The van der Waals surface area contributed by atoms with Crippen LogP contribution in [0.5, 0.6) is 0 Å². The van der Waals surface area contributed by atoms with E-state index in [9.17, 15) is 18.4 Å². The van der Waals surface area contributed by atoms with Crippen LogP contribution in [0, 0.1) is 11.1 Å². The summed E-state index contributed by atoms with van der Waals surface area (Å²) < 4.78 is 25.8. The van der Waals surface area contributed by atoms with Crippen molar-refractivity contribution in [3.05, 3.63) is 41.1 Å². The van der Waals surface area contributed by atoms with Crippen LogP contribution in [-0.4, -0.2) is 62.6 Å². The number of benzene rings is 1. The van der Waals surface area contributed by atoms with Gasteiger partial charge in [-0.2, -0.15) is 4.31 Å². The van der Waals surface area contributed by atoms with Gasteiger partial charge in [-0.25, -0.2) is 8.42 Å². The van der Waals surface area contributed by atoms with Crippen molar-refractivity contribution in [3.63, 3.8) is 0 Å². The molecule has 0 aliphatic carbocycles. The molecule has 0 N–H and O–H groups in total. The number of hydrogen-bond acceptors (Lipinski definition) is 4. The molecule has 1 saturated heterocycles. The molecule has 122 valence electrons. The summed E-state index contributed by atoms with van der Waals surface area (Å²) in [6.45, 7) is 0.950. The number of rotatable bonds is 6. The second kappa shape index (κ2) is 6.87. The number of hydroxylamine groups is 3. The van der Waals surface area contributed by atoms with Crippen LogP contribution < -0.4 is 0 Å². The Hall–Kier alpha value is -1.28. The van der Waals surface area contributed by atoms with Crippen molar-refractivity contribution in [2.45, 2.75) is 6.42 Å². The van der Waals surface area contributed by atoms with Crippen LogP contribution in [-0.2, 0) is 21.2 Å². The Balaban J connectivity index is 1.99. The van der Waals surface area contributed by atoms with Crippen LogP contribution in [0.15, 0.2) is 30.3 Å². The van der Waals surface area contributed by atoms with Gasteiger partial charge in [-0.1, -0.05) is 30.3 Å². The Bertz CT molecular complexity index is 591. The van der Waals surface area contributed by atoms with Gasteiger partial charge in [0.15, 0.2) is 0 Å². The highest BCUT2D eigenvalue weighted by Gasteiger charge is 2.31. The molecule has 0 bridgehead atoms. The number of likely N-dealkylation sites (N-methyl/N-ethyl adjacent to an activating group) is 1. The van der Waals surface area contributed by atoms with Crippen molar-refractivity contribution in [1.82, 2.24) is 4.31 Å². The molecule has 0 saturated carbocycles. The maximum Gasteiger partial charge on any atom is 0.215 e. The monoisotopic (exact) mass is 326 g/mol. The SMILES string of the molecule is C[N+]1([O-])CCN(S(=O)(=O)C[C@H](C=O)Cc2ccccc2)CC1. The number of carbonyl (C=O) groups is 1. The summed E-state index contributed by atoms with van der Waals surface area (Å²) >= 11 is 0. The standard InChI is InChI=1S/C15H22N2O4S/c1-17(19)9-7-16(8-10-17)22(20,21)13-15(12-18)11-14-5-3-2-4-6-14/h2-6,12,15H,7-11,13H2,1H3/t15-/m0/s1. The summed E-state index contributed by atoms with van der Waals surface area (Å²) in [7, 11) is -1.96. The van der Waals surface area contributed by atoms with Crippen molar-refractivity contribution < 1.29 is 17.9 Å². The van der Waals surface area contributed by atoms with E-state index in [2.05, 4.69) is 0 Å². The van der Waals surface area contributed by atoms with Gasteiger partial charge in [0.25, 0.3) is 0 Å². The summed E-state index contributed by atoms with van der Waals surface area (Å²) in [6, 6.07) is 9.36. The zero-order valence-corrected chi connectivity index (χ0v) is 13.5. The largest absolute Gasteiger partial charge is 0.633 e. The molecule has 1 aliphatic heterocycles. The fourth-order valence-electron chi connectivity index (χ4n) is 2.59. The lowest BCUT2D eigenvalue weighted by Crippen LogP contribution is -2.55. The molecule has 1 aromatic rings. The summed E-state index contributed by atoms with van der Waals surface area (Å²) in [5.41, 5.74) is 0.942. The number of aldehydes is 1. The smallest absolute Gasteiger partial charge is 0.215 e. The first kappa shape index (κ1) is 17.1. The van der Waals surface area contributed by atoms with Crippen LogP contribution >= 0.6 is 0 Å². The zero-order valence-electron chi connectivity index (χ0n) is 12.7. The Morgan fingerprint density at radius 1 is 1.27 bits per heavy atom. The molecule has 7 heteroatoms. The normalized spacial score (nSPS) is 20.5. The Labute approximate surface area is 131 Å². The summed E-state index contributed by atoms with van der Waals surface area (Å²) in [5.74, 6) is -0.768. The number of nitrogens with zero attached hydrogens (tertiary/aromatic N) is 2. The molecular weight excluding hydrogens is 304 g/mol. The first-order valence-electron chi connectivity index (χ1n) is 7.35. The molecule has 1 aliphatic rings. The number of sulfonamides is 1. The topological polar surface area (TPSA) is 77.5 Å². The van der Waals surface area contributed by atoms with Crippen LogP contribution in [0.3, 0.4) is 0 Å². The summed E-state index contributed by atoms with van der Waals surface area (Å²) in [6.07, 6.45) is 1.12. The molecule has 2 rings (SSSR count). The lowest BCUT2D eigenvalue weighted by molar-refractivity contribution is -0.864. The molecule has 0 spiro atoms. The lowest BCUT2D eigenvalue weighted by Gasteiger charge is -2.44. The van der Waals surface area contributed by atoms with Gasteiger partial charge in [0.05, 0.1) is 39.0 Å². The molecule has 0 unspecified atom stereocenters. The van der Waals surface area contributed by atoms with Gasteiger partial charge < -0.3 is 14.6 Å². The maximum atomic E-state index is 12.4. The number of piperazine rings is 1. The Morgan fingerprint density at radius 3 is 2.41 bits per heavy atom. The second-order valence-electron chi connectivity index (χ2n) is 6.01. The van der Waals surface area contributed by atoms with Gasteiger partial charge in [0.2, 0.25) is 10.0 Å². The van der Waals surface area contributed by atoms with Crippen molar-refractivity contribution in [2.75, 3.05) is 39.0 Å². The maximum absolute atomic E-state index is 12.4. The van der Waals surface area contributed by atoms with E-state index in [0.717, 1.165) is 5.56 Å². The highest BCUT2D eigenvalue weighted by atomic mass is 32.2. The second-order valence-corrected chi connectivity index (χ2v) is 8.02. The van der Waals surface area contributed by atoms with Gasteiger partial charge in [-0.3, -0.25) is 0 Å². The van der Waals surface area contributed by atoms with Gasteiger partial charge in [0.1, 0.15) is 6.29 Å². The minimum atomic E-state index is -3.51. The molecule has 6 nitrogen and oxygen atoms in total. The molecule has 1 heterocycles. The molecule has 1 fully saturated rings. The van der Waals surface area contributed by atoms with Crippen molar-refractivity contribution in [1.29, 1.82) is 0 Å². The van der Waals surface area contributed by atoms with E-state index in [1.807, 2.05) is 30.3 Å². The molecular formula is C15H22N2O4S. The fraction of sp³-hybridized carbons (Fsp3) is 0.533. The first-order chi connectivity index (χ1) is 10.3. The van der Waals surface area contributed by atoms with E-state index in [0.29, 0.717) is 12.7 Å². The highest BCUT2D eigenvalue weighted by molar-refractivity contribution is 7.89. The lowest BCUT2D eigenvalue weighted by atomic mass is 10.0. The predicted octanol–water partition coefficient (Wildman–Crippen LogP) is 0.634. The van der Waals surface area contributed by atoms with E-state index < -0.39 is 20.6 Å². The molecule has 1 aromatic carbocycles. The van der Waals surface area contributed by atoms with E-state index in [1.54, 1.807) is 7.05 Å². The van der Waals surface area contributed by atoms with Gasteiger partial charge in [-0.15, -0.1) is 0 Å². The minimum absolute atomic E-state index is 0.200. The average Bonchev–Trinajstić information content (AvgIpc) is 2.47. The summed E-state index contributed by atoms with van der Waals surface area (Å²) in [5, 5.41) is 11.8. The van der Waals surface area contributed by atoms with Gasteiger partial charge in [0, 0.05) is 5.92 Å². The first-order valence-corrected chi connectivity index (χ1v) is 8.96. The van der Waals surface area contributed by atoms with Crippen LogP contribution in [0.1, 0.15) is 5.56 Å². The predicted molar refractivity (Wildman–Crippen MR) is 84.3 cm³/mol. The third-order valence-corrected chi connectivity index (χ3v) is 6.00. The minimum Gasteiger partial charge on any atom is -0.633 e. The van der Waals surface area contributed by atoms with E-state index >= 15 is 0 Å². The molecule has 0 aromatic heterocycles. The number of quaternary nitrogens is 1. The molecule has 1 atom stereocenters. The summed E-state index contributed by atoms with van der Waals surface area (Å²) in [4.78, 5) is 11.2. The van der Waals surface area contributed by atoms with Gasteiger partial charge in [-0.05, 0) is 12.0 Å². The van der Waals surface area contributed by atoms with Crippen LogP contribution in [0.2, 0.25) is 0 Å². The number of carbonyl (C=O) groups excluding carboxylic acids is 1. The fourth-order valence-corrected chi connectivity index (χ4v) is 4.25. The van der Waals surface area contributed by atoms with Crippen LogP contribution in [0.4, 0.5) is 0 Å². The van der Waals surface area contributed by atoms with Gasteiger partial charge >= 0.3 is 0 Å².